The summed E-state index contributed by atoms with van der Waals surface area (Å²) in [6, 6.07) is 13.2. The first-order valence-electron chi connectivity index (χ1n) is 11.2. The minimum atomic E-state index is -4.77. The van der Waals surface area contributed by atoms with Crippen molar-refractivity contribution in [2.24, 2.45) is 0 Å². The number of imidazole rings is 1. The summed E-state index contributed by atoms with van der Waals surface area (Å²) in [7, 11) is -3.65. The van der Waals surface area contributed by atoms with Crippen LogP contribution in [0, 0.1) is 0 Å². The number of ether oxygens (including phenoxy) is 1. The summed E-state index contributed by atoms with van der Waals surface area (Å²) < 4.78 is 70.4. The Hall–Kier alpha value is -3.64. The van der Waals surface area contributed by atoms with Crippen LogP contribution in [0.15, 0.2) is 78.2 Å². The molecule has 0 saturated carbocycles. The van der Waals surface area contributed by atoms with Gasteiger partial charge in [-0.15, -0.1) is 13.2 Å². The number of benzene rings is 1. The summed E-state index contributed by atoms with van der Waals surface area (Å²) in [5.41, 5.74) is 2.67. The van der Waals surface area contributed by atoms with E-state index < -0.39 is 22.1 Å². The van der Waals surface area contributed by atoms with Crippen LogP contribution in [0.1, 0.15) is 12.8 Å². The van der Waals surface area contributed by atoms with Crippen molar-refractivity contribution in [3.05, 3.63) is 73.3 Å². The van der Waals surface area contributed by atoms with Crippen LogP contribution in [0.2, 0.25) is 0 Å². The number of hydrogen-bond acceptors (Lipinski definition) is 6. The molecule has 1 fully saturated rings. The van der Waals surface area contributed by atoms with Crippen LogP contribution in [0.3, 0.4) is 0 Å². The predicted octanol–water partition coefficient (Wildman–Crippen LogP) is 4.56. The smallest absolute Gasteiger partial charge is 0.404 e. The zero-order valence-electron chi connectivity index (χ0n) is 18.9. The first-order chi connectivity index (χ1) is 17.2. The molecule has 1 N–H and O–H groups in total. The van der Waals surface area contributed by atoms with E-state index in [2.05, 4.69) is 20.0 Å². The molecular formula is C24H22F3N5O3S. The molecule has 0 unspecified atom stereocenters. The number of rotatable bonds is 6. The molecule has 1 saturated heterocycles. The molecule has 36 heavy (non-hydrogen) atoms. The number of anilines is 1. The zero-order chi connectivity index (χ0) is 25.3. The lowest BCUT2D eigenvalue weighted by Gasteiger charge is -2.32. The number of fused-ring (bicyclic) bond motifs is 1. The topological polar surface area (TPSA) is 88.8 Å². The normalized spacial score (nSPS) is 15.8. The molecule has 188 valence electrons. The highest BCUT2D eigenvalue weighted by Gasteiger charge is 2.32. The molecular weight excluding hydrogens is 495 g/mol. The number of aromatic nitrogens is 3. The molecule has 0 aliphatic carbocycles. The van der Waals surface area contributed by atoms with E-state index in [0.29, 0.717) is 31.7 Å². The molecule has 0 amide bonds. The molecule has 0 bridgehead atoms. The van der Waals surface area contributed by atoms with Gasteiger partial charge in [-0.3, -0.25) is 0 Å². The average Bonchev–Trinajstić information content (AvgIpc) is 3.33. The first-order valence-corrected chi connectivity index (χ1v) is 12.6. The van der Waals surface area contributed by atoms with Gasteiger partial charge in [0, 0.05) is 37.7 Å². The maximum atomic E-state index is 13.2. The van der Waals surface area contributed by atoms with Crippen LogP contribution in [0.5, 0.6) is 5.75 Å². The van der Waals surface area contributed by atoms with Gasteiger partial charge in [-0.05, 0) is 60.4 Å². The number of halogens is 3. The van der Waals surface area contributed by atoms with Crippen molar-refractivity contribution in [1.82, 2.24) is 18.7 Å². The van der Waals surface area contributed by atoms with Gasteiger partial charge in [0.15, 0.2) is 0 Å². The van der Waals surface area contributed by atoms with Crippen molar-refractivity contribution in [2.45, 2.75) is 30.1 Å². The summed E-state index contributed by atoms with van der Waals surface area (Å²) in [5, 5.41) is 3.14. The molecule has 12 heteroatoms. The first kappa shape index (κ1) is 24.1. The maximum absolute atomic E-state index is 13.2. The molecule has 4 heterocycles. The Balaban J connectivity index is 1.19. The lowest BCUT2D eigenvalue weighted by Crippen LogP contribution is -2.42. The summed E-state index contributed by atoms with van der Waals surface area (Å²) in [6.45, 7) is 0.628. The second kappa shape index (κ2) is 9.43. The Morgan fingerprint density at radius 2 is 1.67 bits per heavy atom. The number of pyridine rings is 2. The van der Waals surface area contributed by atoms with E-state index >= 15 is 0 Å². The lowest BCUT2D eigenvalue weighted by molar-refractivity contribution is -0.274. The van der Waals surface area contributed by atoms with Crippen molar-refractivity contribution >= 4 is 21.5 Å². The molecule has 3 aromatic heterocycles. The van der Waals surface area contributed by atoms with Crippen molar-refractivity contribution in [2.75, 3.05) is 18.4 Å². The third-order valence-corrected chi connectivity index (χ3v) is 7.90. The fourth-order valence-corrected chi connectivity index (χ4v) is 5.64. The van der Waals surface area contributed by atoms with E-state index in [1.54, 1.807) is 30.5 Å². The molecule has 0 spiro atoms. The molecule has 0 radical (unpaired) electrons. The van der Waals surface area contributed by atoms with Crippen LogP contribution >= 0.6 is 0 Å². The number of nitrogens with zero attached hydrogens (tertiary/aromatic N) is 4. The molecule has 4 aromatic rings. The average molecular weight is 518 g/mol. The minimum Gasteiger partial charge on any atom is -0.404 e. The summed E-state index contributed by atoms with van der Waals surface area (Å²) in [5.74, 6) is -0.00226. The van der Waals surface area contributed by atoms with Gasteiger partial charge in [0.2, 0.25) is 10.0 Å². The molecule has 0 atom stereocenters. The monoisotopic (exact) mass is 517 g/mol. The van der Waals surface area contributed by atoms with E-state index in [9.17, 15) is 21.6 Å². The van der Waals surface area contributed by atoms with Gasteiger partial charge in [-0.25, -0.2) is 18.4 Å². The van der Waals surface area contributed by atoms with E-state index in [-0.39, 0.29) is 10.9 Å². The van der Waals surface area contributed by atoms with E-state index in [1.807, 2.05) is 28.9 Å². The van der Waals surface area contributed by atoms with Crippen LogP contribution in [-0.4, -0.2) is 52.6 Å². The highest BCUT2D eigenvalue weighted by Crippen LogP contribution is 2.27. The number of alkyl halides is 3. The highest BCUT2D eigenvalue weighted by atomic mass is 32.2. The van der Waals surface area contributed by atoms with Gasteiger partial charge in [-0.1, -0.05) is 12.1 Å². The van der Waals surface area contributed by atoms with Gasteiger partial charge in [-0.2, -0.15) is 4.31 Å². The maximum Gasteiger partial charge on any atom is 0.573 e. The molecule has 1 aliphatic rings. The van der Waals surface area contributed by atoms with Gasteiger partial charge < -0.3 is 14.5 Å². The van der Waals surface area contributed by atoms with Crippen LogP contribution in [-0.2, 0) is 10.0 Å². The van der Waals surface area contributed by atoms with Gasteiger partial charge in [0.05, 0.1) is 11.1 Å². The van der Waals surface area contributed by atoms with E-state index in [1.165, 1.54) is 16.4 Å². The summed E-state index contributed by atoms with van der Waals surface area (Å²) in [4.78, 5) is 8.39. The van der Waals surface area contributed by atoms with Crippen LogP contribution in [0.4, 0.5) is 19.0 Å². The second-order valence-electron chi connectivity index (χ2n) is 8.38. The third kappa shape index (κ3) is 5.29. The van der Waals surface area contributed by atoms with Crippen molar-refractivity contribution in [3.8, 4) is 16.9 Å². The van der Waals surface area contributed by atoms with Crippen molar-refractivity contribution in [3.63, 3.8) is 0 Å². The largest absolute Gasteiger partial charge is 0.573 e. The molecule has 5 rings (SSSR count). The Labute approximate surface area is 205 Å². The molecule has 1 aliphatic heterocycles. The second-order valence-corrected chi connectivity index (χ2v) is 10.3. The Morgan fingerprint density at radius 3 is 2.33 bits per heavy atom. The number of nitrogens with one attached hydrogen (secondary N) is 1. The van der Waals surface area contributed by atoms with Crippen molar-refractivity contribution < 1.29 is 26.3 Å². The number of hydrogen-bond donors (Lipinski definition) is 1. The van der Waals surface area contributed by atoms with E-state index in [0.717, 1.165) is 23.0 Å². The zero-order valence-corrected chi connectivity index (χ0v) is 19.7. The Morgan fingerprint density at radius 1 is 0.944 bits per heavy atom. The van der Waals surface area contributed by atoms with Crippen LogP contribution in [0.25, 0.3) is 16.8 Å². The molecule has 1 aromatic carbocycles. The quantitative estimate of drug-likeness (QED) is 0.404. The van der Waals surface area contributed by atoms with Crippen LogP contribution < -0.4 is 10.1 Å². The standard InChI is InChI=1S/C24H22F3N5O3S/c25-24(26,27)35-20-4-7-22(29-15-20)30-19-9-12-32(13-10-19)36(33,34)21-5-1-17(2-6-21)18-3-8-23-28-11-14-31(23)16-18/h1-8,11,14-16,19H,9-10,12-13H2,(H,29,30). The van der Waals surface area contributed by atoms with Gasteiger partial charge in [0.1, 0.15) is 17.2 Å². The Kier molecular flexibility index (Phi) is 6.31. The number of piperidine rings is 1. The fourth-order valence-electron chi connectivity index (χ4n) is 4.17. The van der Waals surface area contributed by atoms with E-state index in [4.69, 9.17) is 0 Å². The van der Waals surface area contributed by atoms with Crippen molar-refractivity contribution in [1.29, 1.82) is 0 Å². The lowest BCUT2D eigenvalue weighted by atomic mass is 10.1. The van der Waals surface area contributed by atoms with Gasteiger partial charge >= 0.3 is 6.36 Å². The fraction of sp³-hybridized carbons (Fsp3) is 0.250. The molecule has 8 nitrogen and oxygen atoms in total. The third-order valence-electron chi connectivity index (χ3n) is 5.99. The minimum absolute atomic E-state index is 0.0567. The number of sulfonamides is 1. The summed E-state index contributed by atoms with van der Waals surface area (Å²) >= 11 is 0. The summed E-state index contributed by atoms with van der Waals surface area (Å²) in [6.07, 6.45) is 2.79. The highest BCUT2D eigenvalue weighted by molar-refractivity contribution is 7.89. The Bertz CT molecular complexity index is 1450. The SMILES string of the molecule is O=S(=O)(c1ccc(-c2ccc3nccn3c2)cc1)N1CCC(Nc2ccc(OC(F)(F)F)cn2)CC1. The van der Waals surface area contributed by atoms with Gasteiger partial charge in [0.25, 0.3) is 0 Å². The predicted molar refractivity (Wildman–Crippen MR) is 127 cm³/mol.